The zero-order valence-electron chi connectivity index (χ0n) is 20.5. The van der Waals surface area contributed by atoms with E-state index in [4.69, 9.17) is 21.9 Å². The number of pyridine rings is 1. The number of aromatic nitrogens is 2. The van der Waals surface area contributed by atoms with E-state index in [0.717, 1.165) is 43.2 Å². The number of ether oxygens (including phenoxy) is 1. The SMILES string of the molecule is CCc1cccc(C)c1-n1c(C)cc([C@@H]2[C@H](c3ccccn3)NC(=S)N2C[C@@H]2CCCO2)c1C. The zero-order chi connectivity index (χ0) is 23.8. The molecule has 0 amide bonds. The molecule has 2 saturated heterocycles. The minimum atomic E-state index is -0.00781. The van der Waals surface area contributed by atoms with E-state index in [-0.39, 0.29) is 18.2 Å². The van der Waals surface area contributed by atoms with Gasteiger partial charge in [-0.25, -0.2) is 0 Å². The summed E-state index contributed by atoms with van der Waals surface area (Å²) in [7, 11) is 0. The van der Waals surface area contributed by atoms with Gasteiger partial charge >= 0.3 is 0 Å². The molecule has 34 heavy (non-hydrogen) atoms. The Morgan fingerprint density at radius 2 is 2.00 bits per heavy atom. The maximum atomic E-state index is 6.01. The van der Waals surface area contributed by atoms with Crippen LogP contribution >= 0.6 is 12.2 Å². The standard InChI is InChI=1S/C28H34N4OS/c1-5-21-11-8-10-18(2)26(21)32-19(3)16-23(20(32)4)27-25(24-13-6-7-14-29-24)30-28(34)31(27)17-22-12-9-15-33-22/h6-8,10-11,13-14,16,22,25,27H,5,9,12,15,17H2,1-4H3,(H,30,34)/t22-,25-,27+/m0/s1. The van der Waals surface area contributed by atoms with Crippen molar-refractivity contribution in [3.63, 3.8) is 0 Å². The molecule has 1 aromatic carbocycles. The molecule has 0 unspecified atom stereocenters. The Morgan fingerprint density at radius 1 is 1.15 bits per heavy atom. The van der Waals surface area contributed by atoms with Crippen LogP contribution in [0.25, 0.3) is 5.69 Å². The van der Waals surface area contributed by atoms with Crippen molar-refractivity contribution >= 4 is 17.3 Å². The Labute approximate surface area is 208 Å². The van der Waals surface area contributed by atoms with Crippen LogP contribution in [0, 0.1) is 20.8 Å². The van der Waals surface area contributed by atoms with Crippen molar-refractivity contribution in [3.05, 3.63) is 82.4 Å². The topological polar surface area (TPSA) is 42.3 Å². The second kappa shape index (κ2) is 9.51. The second-order valence-electron chi connectivity index (χ2n) is 9.51. The third-order valence-corrected chi connectivity index (χ3v) is 7.69. The van der Waals surface area contributed by atoms with E-state index >= 15 is 0 Å². The minimum absolute atomic E-state index is 0.00781. The van der Waals surface area contributed by atoms with Gasteiger partial charge in [-0.05, 0) is 87.1 Å². The molecular weight excluding hydrogens is 440 g/mol. The van der Waals surface area contributed by atoms with Gasteiger partial charge in [0.05, 0.1) is 29.6 Å². The Hall–Kier alpha value is -2.70. The molecule has 3 atom stereocenters. The molecule has 4 heterocycles. The molecule has 2 aliphatic heterocycles. The number of rotatable bonds is 6. The molecule has 5 nitrogen and oxygen atoms in total. The van der Waals surface area contributed by atoms with Crippen molar-refractivity contribution in [2.75, 3.05) is 13.2 Å². The van der Waals surface area contributed by atoms with Gasteiger partial charge in [-0.1, -0.05) is 31.2 Å². The maximum Gasteiger partial charge on any atom is 0.170 e. The van der Waals surface area contributed by atoms with Crippen LogP contribution in [0.1, 0.15) is 65.6 Å². The first kappa shape index (κ1) is 23.1. The first-order valence-electron chi connectivity index (χ1n) is 12.4. The highest BCUT2D eigenvalue weighted by molar-refractivity contribution is 7.80. The summed E-state index contributed by atoms with van der Waals surface area (Å²) in [6.45, 7) is 10.5. The average Bonchev–Trinajstić information content (AvgIpc) is 3.54. The van der Waals surface area contributed by atoms with Crippen LogP contribution in [0.15, 0.2) is 48.7 Å². The Kier molecular flexibility index (Phi) is 6.45. The molecule has 0 aliphatic carbocycles. The summed E-state index contributed by atoms with van der Waals surface area (Å²) in [5.41, 5.74) is 8.78. The van der Waals surface area contributed by atoms with Crippen LogP contribution in [0.3, 0.4) is 0 Å². The number of nitrogens with zero attached hydrogens (tertiary/aromatic N) is 3. The number of benzene rings is 1. The van der Waals surface area contributed by atoms with Crippen LogP contribution in [-0.2, 0) is 11.2 Å². The summed E-state index contributed by atoms with van der Waals surface area (Å²) < 4.78 is 8.45. The summed E-state index contributed by atoms with van der Waals surface area (Å²) in [5, 5.41) is 4.39. The second-order valence-corrected chi connectivity index (χ2v) is 9.90. The van der Waals surface area contributed by atoms with Gasteiger partial charge in [0.2, 0.25) is 0 Å². The van der Waals surface area contributed by atoms with Crippen molar-refractivity contribution in [1.82, 2.24) is 19.8 Å². The Morgan fingerprint density at radius 3 is 2.71 bits per heavy atom. The summed E-state index contributed by atoms with van der Waals surface area (Å²) >= 11 is 5.89. The molecule has 3 aromatic rings. The lowest BCUT2D eigenvalue weighted by Gasteiger charge is -2.30. The molecule has 5 rings (SSSR count). The monoisotopic (exact) mass is 474 g/mol. The van der Waals surface area contributed by atoms with Gasteiger partial charge in [0.1, 0.15) is 0 Å². The van der Waals surface area contributed by atoms with Crippen molar-refractivity contribution < 1.29 is 4.74 Å². The third-order valence-electron chi connectivity index (χ3n) is 7.34. The van der Waals surface area contributed by atoms with Crippen LogP contribution < -0.4 is 5.32 Å². The summed E-state index contributed by atoms with van der Waals surface area (Å²) in [6, 6.07) is 15.1. The van der Waals surface area contributed by atoms with Crippen LogP contribution in [0.5, 0.6) is 0 Å². The fraction of sp³-hybridized carbons (Fsp3) is 0.429. The zero-order valence-corrected chi connectivity index (χ0v) is 21.4. The third kappa shape index (κ3) is 4.03. The van der Waals surface area contributed by atoms with Gasteiger partial charge in [0.25, 0.3) is 0 Å². The molecule has 178 valence electrons. The average molecular weight is 475 g/mol. The first-order chi connectivity index (χ1) is 16.5. The van der Waals surface area contributed by atoms with E-state index in [1.54, 1.807) is 0 Å². The molecular formula is C28H34N4OS. The summed E-state index contributed by atoms with van der Waals surface area (Å²) in [4.78, 5) is 7.05. The van der Waals surface area contributed by atoms with Gasteiger partial charge in [-0.15, -0.1) is 0 Å². The highest BCUT2D eigenvalue weighted by atomic mass is 32.1. The number of thiocarbonyl (C=S) groups is 1. The number of hydrogen-bond donors (Lipinski definition) is 1. The molecule has 6 heteroatoms. The predicted molar refractivity (Wildman–Crippen MR) is 140 cm³/mol. The van der Waals surface area contributed by atoms with Gasteiger partial charge in [0, 0.05) is 30.7 Å². The molecule has 2 aliphatic rings. The van der Waals surface area contributed by atoms with Gasteiger partial charge in [0.15, 0.2) is 5.11 Å². The Bertz CT molecular complexity index is 1180. The highest BCUT2D eigenvalue weighted by Gasteiger charge is 2.42. The summed E-state index contributed by atoms with van der Waals surface area (Å²) in [6.07, 6.45) is 5.29. The number of hydrogen-bond acceptors (Lipinski definition) is 3. The quantitative estimate of drug-likeness (QED) is 0.477. The largest absolute Gasteiger partial charge is 0.376 e. The van der Waals surface area contributed by atoms with Crippen molar-refractivity contribution in [2.24, 2.45) is 0 Å². The van der Waals surface area contributed by atoms with E-state index < -0.39 is 0 Å². The molecule has 2 fully saturated rings. The number of nitrogens with one attached hydrogen (secondary N) is 1. The fourth-order valence-electron chi connectivity index (χ4n) is 5.70. The molecule has 0 bridgehead atoms. The van der Waals surface area contributed by atoms with E-state index in [1.165, 1.54) is 33.8 Å². The molecule has 1 N–H and O–H groups in total. The number of para-hydroxylation sites is 1. The van der Waals surface area contributed by atoms with E-state index in [9.17, 15) is 0 Å². The normalized spacial score (nSPS) is 22.4. The van der Waals surface area contributed by atoms with E-state index in [1.807, 2.05) is 12.3 Å². The van der Waals surface area contributed by atoms with Gasteiger partial charge in [-0.2, -0.15) is 0 Å². The molecule has 0 radical (unpaired) electrons. The lowest BCUT2D eigenvalue weighted by atomic mass is 9.96. The smallest absolute Gasteiger partial charge is 0.170 e. The molecule has 2 aromatic heterocycles. The predicted octanol–water partition coefficient (Wildman–Crippen LogP) is 5.51. The minimum Gasteiger partial charge on any atom is -0.376 e. The van der Waals surface area contributed by atoms with Crippen LogP contribution in [-0.4, -0.2) is 38.8 Å². The summed E-state index contributed by atoms with van der Waals surface area (Å²) in [5.74, 6) is 0. The lowest BCUT2D eigenvalue weighted by molar-refractivity contribution is 0.0842. The van der Waals surface area contributed by atoms with Crippen LogP contribution in [0.2, 0.25) is 0 Å². The van der Waals surface area contributed by atoms with Crippen molar-refractivity contribution in [3.8, 4) is 5.69 Å². The van der Waals surface area contributed by atoms with E-state index in [2.05, 4.69) is 78.9 Å². The van der Waals surface area contributed by atoms with Crippen molar-refractivity contribution in [2.45, 2.75) is 65.1 Å². The lowest BCUT2D eigenvalue weighted by Crippen LogP contribution is -2.36. The van der Waals surface area contributed by atoms with E-state index in [0.29, 0.717) is 0 Å². The fourth-order valence-corrected chi connectivity index (χ4v) is 6.02. The molecule has 0 saturated carbocycles. The van der Waals surface area contributed by atoms with Crippen molar-refractivity contribution in [1.29, 1.82) is 0 Å². The highest BCUT2D eigenvalue weighted by Crippen LogP contribution is 2.42. The maximum absolute atomic E-state index is 6.01. The van der Waals surface area contributed by atoms with Crippen LogP contribution in [0.4, 0.5) is 0 Å². The number of aryl methyl sites for hydroxylation is 3. The Balaban J connectivity index is 1.63. The van der Waals surface area contributed by atoms with Gasteiger partial charge < -0.3 is 19.5 Å². The van der Waals surface area contributed by atoms with Gasteiger partial charge in [-0.3, -0.25) is 4.98 Å². The molecule has 0 spiro atoms. The first-order valence-corrected chi connectivity index (χ1v) is 12.8.